The fourth-order valence-electron chi connectivity index (χ4n) is 0.782. The van der Waals surface area contributed by atoms with Crippen molar-refractivity contribution < 1.29 is 14.7 Å². The Balaban J connectivity index is 3.36. The molecule has 1 N–H and O–H groups in total. The molecule has 0 fully saturated rings. The number of benzene rings is 1. The van der Waals surface area contributed by atoms with Crippen LogP contribution in [0.15, 0.2) is 12.1 Å². The molecule has 0 amide bonds. The van der Waals surface area contributed by atoms with E-state index in [1.54, 1.807) is 0 Å². The van der Waals surface area contributed by atoms with Gasteiger partial charge in [-0.2, -0.15) is 0 Å². The molecule has 0 radical (unpaired) electrons. The number of carbonyl (C=O) groups is 2. The van der Waals surface area contributed by atoms with Crippen LogP contribution < -0.4 is 0 Å². The van der Waals surface area contributed by atoms with Gasteiger partial charge >= 0.3 is 0 Å². The van der Waals surface area contributed by atoms with Gasteiger partial charge in [0.1, 0.15) is 5.75 Å². The summed E-state index contributed by atoms with van der Waals surface area (Å²) in [5, 5.41) is 9.21. The molecule has 4 heteroatoms. The SMILES string of the molecule is O=Cc1cc(C=O)c(Cl)cc1O. The van der Waals surface area contributed by atoms with E-state index in [2.05, 4.69) is 0 Å². The maximum absolute atomic E-state index is 10.3. The van der Waals surface area contributed by atoms with Crippen molar-refractivity contribution in [3.8, 4) is 5.75 Å². The van der Waals surface area contributed by atoms with Gasteiger partial charge in [0.2, 0.25) is 0 Å². The Morgan fingerprint density at radius 3 is 2.25 bits per heavy atom. The van der Waals surface area contributed by atoms with Crippen LogP contribution >= 0.6 is 11.6 Å². The molecule has 62 valence electrons. The first-order valence-corrected chi connectivity index (χ1v) is 3.49. The zero-order valence-electron chi connectivity index (χ0n) is 5.95. The Bertz CT molecular complexity index is 304. The molecule has 3 nitrogen and oxygen atoms in total. The monoisotopic (exact) mass is 184 g/mol. The van der Waals surface area contributed by atoms with Gasteiger partial charge in [-0.3, -0.25) is 9.59 Å². The van der Waals surface area contributed by atoms with Crippen molar-refractivity contribution in [1.29, 1.82) is 0 Å². The minimum Gasteiger partial charge on any atom is -0.507 e. The summed E-state index contributed by atoms with van der Waals surface area (Å²) in [5.41, 5.74) is 0.248. The fourth-order valence-corrected chi connectivity index (χ4v) is 0.984. The number of aromatic hydroxyl groups is 1. The van der Waals surface area contributed by atoms with Crippen LogP contribution in [0, 0.1) is 0 Å². The standard InChI is InChI=1S/C8H5ClO3/c9-7-2-8(12)6(4-11)1-5(7)3-10/h1-4,12H. The summed E-state index contributed by atoms with van der Waals surface area (Å²) >= 11 is 5.55. The van der Waals surface area contributed by atoms with E-state index in [1.807, 2.05) is 0 Å². The molecule has 1 aromatic rings. The summed E-state index contributed by atoms with van der Waals surface area (Å²) in [6.45, 7) is 0. The van der Waals surface area contributed by atoms with E-state index in [0.29, 0.717) is 12.6 Å². The van der Waals surface area contributed by atoms with Crippen molar-refractivity contribution in [3.05, 3.63) is 28.3 Å². The van der Waals surface area contributed by atoms with E-state index in [4.69, 9.17) is 16.7 Å². The van der Waals surface area contributed by atoms with E-state index in [9.17, 15) is 9.59 Å². The van der Waals surface area contributed by atoms with Gasteiger partial charge in [-0.05, 0) is 12.1 Å². The highest BCUT2D eigenvalue weighted by Gasteiger charge is 2.05. The van der Waals surface area contributed by atoms with Crippen molar-refractivity contribution in [3.63, 3.8) is 0 Å². The maximum Gasteiger partial charge on any atom is 0.153 e. The first kappa shape index (κ1) is 8.74. The minimum absolute atomic E-state index is 0.0569. The summed E-state index contributed by atoms with van der Waals surface area (Å²) in [7, 11) is 0. The lowest BCUT2D eigenvalue weighted by molar-refractivity contribution is 0.112. The summed E-state index contributed by atoms with van der Waals surface area (Å²) in [4.78, 5) is 20.6. The highest BCUT2D eigenvalue weighted by Crippen LogP contribution is 2.23. The number of halogens is 1. The van der Waals surface area contributed by atoms with Crippen LogP contribution in [0.3, 0.4) is 0 Å². The number of phenolic OH excluding ortho intramolecular Hbond substituents is 1. The quantitative estimate of drug-likeness (QED) is 0.712. The van der Waals surface area contributed by atoms with Gasteiger partial charge in [0.25, 0.3) is 0 Å². The Hall–Kier alpha value is -1.35. The molecule has 0 aromatic heterocycles. The molecule has 0 spiro atoms. The maximum atomic E-state index is 10.3. The molecule has 0 atom stereocenters. The van der Waals surface area contributed by atoms with Crippen LogP contribution in [0.5, 0.6) is 5.75 Å². The Kier molecular flexibility index (Phi) is 2.45. The number of hydrogen-bond acceptors (Lipinski definition) is 3. The lowest BCUT2D eigenvalue weighted by Gasteiger charge is -1.99. The molecule has 0 heterocycles. The third-order valence-corrected chi connectivity index (χ3v) is 1.73. The van der Waals surface area contributed by atoms with Crippen LogP contribution in [0.25, 0.3) is 0 Å². The fraction of sp³-hybridized carbons (Fsp3) is 0. The smallest absolute Gasteiger partial charge is 0.153 e. The lowest BCUT2D eigenvalue weighted by Crippen LogP contribution is -1.87. The molecule has 12 heavy (non-hydrogen) atoms. The number of aldehydes is 2. The number of carbonyl (C=O) groups excluding carboxylic acids is 2. The molecule has 0 aliphatic heterocycles. The normalized spacial score (nSPS) is 9.42. The highest BCUT2D eigenvalue weighted by molar-refractivity contribution is 6.33. The second-order valence-corrected chi connectivity index (χ2v) is 2.58. The van der Waals surface area contributed by atoms with E-state index >= 15 is 0 Å². The van der Waals surface area contributed by atoms with Crippen molar-refractivity contribution >= 4 is 24.2 Å². The van der Waals surface area contributed by atoms with Crippen LogP contribution in [0.2, 0.25) is 5.02 Å². The predicted molar refractivity (Wildman–Crippen MR) is 43.9 cm³/mol. The number of rotatable bonds is 2. The molecular weight excluding hydrogens is 180 g/mol. The van der Waals surface area contributed by atoms with E-state index in [1.165, 1.54) is 6.07 Å². The Morgan fingerprint density at radius 1 is 1.17 bits per heavy atom. The topological polar surface area (TPSA) is 54.4 Å². The Morgan fingerprint density at radius 2 is 1.75 bits per heavy atom. The van der Waals surface area contributed by atoms with Gasteiger partial charge < -0.3 is 5.11 Å². The molecule has 0 saturated carbocycles. The summed E-state index contributed by atoms with van der Waals surface area (Å²) in [6, 6.07) is 2.40. The van der Waals surface area contributed by atoms with E-state index < -0.39 is 0 Å². The third-order valence-electron chi connectivity index (χ3n) is 1.40. The minimum atomic E-state index is -0.222. The van der Waals surface area contributed by atoms with Gasteiger partial charge in [0.15, 0.2) is 12.6 Å². The van der Waals surface area contributed by atoms with Gasteiger partial charge in [0.05, 0.1) is 10.6 Å². The first-order chi connectivity index (χ1) is 5.69. The molecule has 1 aromatic carbocycles. The number of hydrogen-bond donors (Lipinski definition) is 1. The van der Waals surface area contributed by atoms with Crippen molar-refractivity contribution in [2.45, 2.75) is 0 Å². The lowest BCUT2D eigenvalue weighted by atomic mass is 10.1. The van der Waals surface area contributed by atoms with Gasteiger partial charge in [0, 0.05) is 5.56 Å². The van der Waals surface area contributed by atoms with E-state index in [-0.39, 0.29) is 21.9 Å². The average Bonchev–Trinajstić information content (AvgIpc) is 2.05. The van der Waals surface area contributed by atoms with Gasteiger partial charge in [-0.25, -0.2) is 0 Å². The molecule has 0 unspecified atom stereocenters. The van der Waals surface area contributed by atoms with Crippen LogP contribution in [-0.4, -0.2) is 17.7 Å². The molecule has 1 rings (SSSR count). The van der Waals surface area contributed by atoms with Crippen LogP contribution in [0.1, 0.15) is 20.7 Å². The molecule has 0 bridgehead atoms. The zero-order chi connectivity index (χ0) is 9.14. The molecule has 0 saturated heterocycles. The third kappa shape index (κ3) is 1.46. The molecular formula is C8H5ClO3. The average molecular weight is 185 g/mol. The molecule has 0 aliphatic carbocycles. The van der Waals surface area contributed by atoms with Crippen LogP contribution in [-0.2, 0) is 0 Å². The van der Waals surface area contributed by atoms with E-state index in [0.717, 1.165) is 6.07 Å². The number of phenols is 1. The summed E-state index contributed by atoms with van der Waals surface area (Å²) in [6.07, 6.45) is 0.980. The second-order valence-electron chi connectivity index (χ2n) is 2.17. The largest absolute Gasteiger partial charge is 0.507 e. The van der Waals surface area contributed by atoms with Crippen LogP contribution in [0.4, 0.5) is 0 Å². The van der Waals surface area contributed by atoms with Gasteiger partial charge in [-0.1, -0.05) is 11.6 Å². The first-order valence-electron chi connectivity index (χ1n) is 3.12. The van der Waals surface area contributed by atoms with Crippen molar-refractivity contribution in [1.82, 2.24) is 0 Å². The summed E-state index contributed by atoms with van der Waals surface area (Å²) < 4.78 is 0. The zero-order valence-corrected chi connectivity index (χ0v) is 6.71. The predicted octanol–water partition coefficient (Wildman–Crippen LogP) is 1.67. The molecule has 0 aliphatic rings. The Labute approximate surface area is 73.6 Å². The van der Waals surface area contributed by atoms with Crippen molar-refractivity contribution in [2.75, 3.05) is 0 Å². The van der Waals surface area contributed by atoms with Gasteiger partial charge in [-0.15, -0.1) is 0 Å². The highest BCUT2D eigenvalue weighted by atomic mass is 35.5. The second kappa shape index (κ2) is 3.36. The summed E-state index contributed by atoms with van der Waals surface area (Å²) in [5.74, 6) is -0.222. The van der Waals surface area contributed by atoms with Crippen molar-refractivity contribution in [2.24, 2.45) is 0 Å².